The van der Waals surface area contributed by atoms with E-state index in [1.807, 2.05) is 78.9 Å². The lowest BCUT2D eigenvalue weighted by molar-refractivity contribution is -0.0770. The number of aliphatic hydroxyl groups is 1. The maximum atomic E-state index is 10.9. The average Bonchev–Trinajstić information content (AvgIpc) is 3.29. The first-order valence-corrected chi connectivity index (χ1v) is 12.0. The Morgan fingerprint density at radius 1 is 0.778 bits per heavy atom. The summed E-state index contributed by atoms with van der Waals surface area (Å²) in [5.41, 5.74) is 1.80. The van der Waals surface area contributed by atoms with E-state index in [4.69, 9.17) is 28.4 Å². The normalized spacial score (nSPS) is 19.8. The maximum absolute atomic E-state index is 10.9. The van der Waals surface area contributed by atoms with Gasteiger partial charge in [-0.25, -0.2) is 0 Å². The molecule has 7 nitrogen and oxygen atoms in total. The molecule has 7 heteroatoms. The molecule has 0 saturated carbocycles. The van der Waals surface area contributed by atoms with Gasteiger partial charge in [0.1, 0.15) is 35.4 Å². The second-order valence-electron chi connectivity index (χ2n) is 8.58. The minimum atomic E-state index is -0.974. The molecule has 1 aliphatic heterocycles. The van der Waals surface area contributed by atoms with E-state index in [2.05, 4.69) is 0 Å². The van der Waals surface area contributed by atoms with Crippen LogP contribution in [0.1, 0.15) is 16.7 Å². The molecule has 0 spiro atoms. The van der Waals surface area contributed by atoms with Crippen LogP contribution in [0.4, 0.5) is 0 Å². The van der Waals surface area contributed by atoms with Crippen LogP contribution in [-0.2, 0) is 24.5 Å². The lowest BCUT2D eigenvalue weighted by atomic mass is 9.80. The van der Waals surface area contributed by atoms with Crippen LogP contribution >= 0.6 is 0 Å². The second-order valence-corrected chi connectivity index (χ2v) is 8.58. The Morgan fingerprint density at radius 2 is 1.33 bits per heavy atom. The Labute approximate surface area is 212 Å². The van der Waals surface area contributed by atoms with Gasteiger partial charge in [0.05, 0.1) is 40.6 Å². The summed E-state index contributed by atoms with van der Waals surface area (Å²) in [7, 11) is 4.90. The highest BCUT2D eigenvalue weighted by atomic mass is 16.6. The van der Waals surface area contributed by atoms with Gasteiger partial charge >= 0.3 is 0 Å². The largest absolute Gasteiger partial charge is 0.497 e. The molecule has 3 aromatic carbocycles. The Morgan fingerprint density at radius 3 is 1.86 bits per heavy atom. The molecule has 1 aliphatic rings. The summed E-state index contributed by atoms with van der Waals surface area (Å²) < 4.78 is 34.3. The zero-order valence-electron chi connectivity index (χ0n) is 21.0. The predicted molar refractivity (Wildman–Crippen MR) is 136 cm³/mol. The molecule has 0 amide bonds. The highest BCUT2D eigenvalue weighted by molar-refractivity contribution is 5.49. The third-order valence-electron chi connectivity index (χ3n) is 6.49. The molecule has 3 aromatic rings. The Kier molecular flexibility index (Phi) is 8.96. The molecule has 0 aromatic heterocycles. The molecular weight excluding hydrogens is 460 g/mol. The number of hydrogen-bond donors (Lipinski definition) is 1. The smallest absolute Gasteiger partial charge is 0.143 e. The summed E-state index contributed by atoms with van der Waals surface area (Å²) >= 11 is 0. The third-order valence-corrected chi connectivity index (χ3v) is 6.49. The molecule has 3 atom stereocenters. The fraction of sp³-hybridized carbons (Fsp3) is 0.379. The van der Waals surface area contributed by atoms with E-state index in [1.165, 1.54) is 0 Å². The van der Waals surface area contributed by atoms with Crippen LogP contribution in [0.3, 0.4) is 0 Å². The van der Waals surface area contributed by atoms with Crippen LogP contribution in [0.5, 0.6) is 11.5 Å². The first-order chi connectivity index (χ1) is 17.6. The van der Waals surface area contributed by atoms with Gasteiger partial charge in [0.2, 0.25) is 0 Å². The monoisotopic (exact) mass is 494 g/mol. The van der Waals surface area contributed by atoms with Crippen LogP contribution in [-0.4, -0.2) is 71.2 Å². The number of rotatable bonds is 12. The third kappa shape index (κ3) is 5.56. The van der Waals surface area contributed by atoms with E-state index < -0.39 is 23.9 Å². The lowest BCUT2D eigenvalue weighted by Crippen LogP contribution is -2.40. The van der Waals surface area contributed by atoms with Crippen molar-refractivity contribution < 1.29 is 33.5 Å². The summed E-state index contributed by atoms with van der Waals surface area (Å²) in [5, 5.41) is 10.9. The average molecular weight is 495 g/mol. The van der Waals surface area contributed by atoms with Gasteiger partial charge in [-0.2, -0.15) is 0 Å². The van der Waals surface area contributed by atoms with Crippen molar-refractivity contribution >= 4 is 0 Å². The summed E-state index contributed by atoms with van der Waals surface area (Å²) in [6.45, 7) is 1.29. The molecule has 1 N–H and O–H groups in total. The zero-order valence-corrected chi connectivity index (χ0v) is 21.0. The van der Waals surface area contributed by atoms with E-state index in [-0.39, 0.29) is 6.61 Å². The minimum Gasteiger partial charge on any atom is -0.497 e. The molecule has 3 unspecified atom stereocenters. The maximum Gasteiger partial charge on any atom is 0.143 e. The van der Waals surface area contributed by atoms with E-state index in [9.17, 15) is 5.11 Å². The van der Waals surface area contributed by atoms with Gasteiger partial charge in [-0.15, -0.1) is 0 Å². The first kappa shape index (κ1) is 26.1. The number of methoxy groups -OCH3 is 3. The topological polar surface area (TPSA) is 75.6 Å². The predicted octanol–water partition coefficient (Wildman–Crippen LogP) is 3.80. The Hall–Kier alpha value is -2.94. The highest BCUT2D eigenvalue weighted by Crippen LogP contribution is 2.42. The van der Waals surface area contributed by atoms with Crippen molar-refractivity contribution in [2.24, 2.45) is 0 Å². The number of hydrogen-bond acceptors (Lipinski definition) is 7. The summed E-state index contributed by atoms with van der Waals surface area (Å²) in [6.07, 6.45) is -1.79. The summed E-state index contributed by atoms with van der Waals surface area (Å²) in [5.74, 6) is 1.50. The van der Waals surface area contributed by atoms with E-state index in [1.54, 1.807) is 21.3 Å². The van der Waals surface area contributed by atoms with Crippen molar-refractivity contribution in [3.63, 3.8) is 0 Å². The molecular formula is C29H34O7. The minimum absolute atomic E-state index is 0.151. The summed E-state index contributed by atoms with van der Waals surface area (Å²) in [6, 6.07) is 25.7. The van der Waals surface area contributed by atoms with Gasteiger partial charge in [0.15, 0.2) is 0 Å². The number of ether oxygens (including phenoxy) is 6. The highest BCUT2D eigenvalue weighted by Gasteiger charge is 2.42. The van der Waals surface area contributed by atoms with Crippen molar-refractivity contribution in [1.29, 1.82) is 0 Å². The van der Waals surface area contributed by atoms with Crippen molar-refractivity contribution in [1.82, 2.24) is 0 Å². The van der Waals surface area contributed by atoms with Crippen molar-refractivity contribution in [2.75, 3.05) is 47.8 Å². The molecule has 192 valence electrons. The fourth-order valence-corrected chi connectivity index (χ4v) is 4.51. The zero-order chi connectivity index (χ0) is 25.4. The lowest BCUT2D eigenvalue weighted by Gasteiger charge is -2.37. The standard InChI is InChI=1S/C29H34O7/c1-31-17-18-34-26-19-35-27(28(26)30)20-36-29(21-7-5-4-6-8-21,22-9-13-24(32-2)14-10-22)23-11-15-25(33-3)16-12-23/h4-16,26-28,30H,17-20H2,1-3H3. The van der Waals surface area contributed by atoms with Gasteiger partial charge in [-0.05, 0) is 41.0 Å². The van der Waals surface area contributed by atoms with Crippen LogP contribution < -0.4 is 9.47 Å². The molecule has 0 bridgehead atoms. The first-order valence-electron chi connectivity index (χ1n) is 12.0. The van der Waals surface area contributed by atoms with Gasteiger partial charge in [0.25, 0.3) is 0 Å². The quantitative estimate of drug-likeness (QED) is 0.303. The van der Waals surface area contributed by atoms with Gasteiger partial charge in [0, 0.05) is 7.11 Å². The number of aliphatic hydroxyl groups excluding tert-OH is 1. The fourth-order valence-electron chi connectivity index (χ4n) is 4.51. The molecule has 0 aliphatic carbocycles. The number of benzene rings is 3. The summed E-state index contributed by atoms with van der Waals surface area (Å²) in [4.78, 5) is 0. The molecule has 1 fully saturated rings. The van der Waals surface area contributed by atoms with Crippen LogP contribution in [0, 0.1) is 0 Å². The van der Waals surface area contributed by atoms with Gasteiger partial charge < -0.3 is 33.5 Å². The van der Waals surface area contributed by atoms with Crippen molar-refractivity contribution in [2.45, 2.75) is 23.9 Å². The molecule has 1 saturated heterocycles. The van der Waals surface area contributed by atoms with Crippen LogP contribution in [0.2, 0.25) is 0 Å². The Balaban J connectivity index is 1.71. The van der Waals surface area contributed by atoms with Crippen molar-refractivity contribution in [3.05, 3.63) is 95.6 Å². The Bertz CT molecular complexity index is 1010. The van der Waals surface area contributed by atoms with E-state index >= 15 is 0 Å². The molecule has 36 heavy (non-hydrogen) atoms. The molecule has 1 heterocycles. The molecule has 0 radical (unpaired) electrons. The van der Waals surface area contributed by atoms with Gasteiger partial charge in [-0.1, -0.05) is 54.6 Å². The van der Waals surface area contributed by atoms with Crippen LogP contribution in [0.15, 0.2) is 78.9 Å². The SMILES string of the molecule is COCCOC1COC(COC(c2ccccc2)(c2ccc(OC)cc2)c2ccc(OC)cc2)C1O. The van der Waals surface area contributed by atoms with Crippen LogP contribution in [0.25, 0.3) is 0 Å². The van der Waals surface area contributed by atoms with Crippen molar-refractivity contribution in [3.8, 4) is 11.5 Å². The van der Waals surface area contributed by atoms with E-state index in [0.29, 0.717) is 19.8 Å². The second kappa shape index (κ2) is 12.3. The molecule has 4 rings (SSSR count). The van der Waals surface area contributed by atoms with E-state index in [0.717, 1.165) is 28.2 Å². The van der Waals surface area contributed by atoms with Gasteiger partial charge in [-0.3, -0.25) is 0 Å².